The molecule has 1 aromatic rings. The lowest BCUT2D eigenvalue weighted by molar-refractivity contribution is 0.890. The molecule has 0 saturated heterocycles. The maximum Gasteiger partial charge on any atom is 0.160 e. The molecular formula is C9H7Br5. The first-order valence-electron chi connectivity index (χ1n) is 3.81. The summed E-state index contributed by atoms with van der Waals surface area (Å²) in [4.78, 5) is 0. The van der Waals surface area contributed by atoms with Gasteiger partial charge in [0, 0.05) is 6.42 Å². The van der Waals surface area contributed by atoms with Gasteiger partial charge in [-0.1, -0.05) is 110 Å². The second-order valence-electron chi connectivity index (χ2n) is 2.86. The quantitative estimate of drug-likeness (QED) is 0.454. The number of benzene rings is 1. The second-order valence-corrected chi connectivity index (χ2v) is 13.4. The molecule has 0 bridgehead atoms. The minimum absolute atomic E-state index is 0.283. The highest BCUT2D eigenvalue weighted by Gasteiger charge is 2.42. The molecule has 0 saturated carbocycles. The Morgan fingerprint density at radius 3 is 1.79 bits per heavy atom. The fourth-order valence-electron chi connectivity index (χ4n) is 0.952. The van der Waals surface area contributed by atoms with Gasteiger partial charge < -0.3 is 0 Å². The zero-order chi connectivity index (χ0) is 10.8. The summed E-state index contributed by atoms with van der Waals surface area (Å²) in [5.41, 5.74) is 1.25. The fourth-order valence-corrected chi connectivity index (χ4v) is 2.02. The number of rotatable bonds is 2. The van der Waals surface area contributed by atoms with Crippen molar-refractivity contribution in [3.8, 4) is 0 Å². The Balaban J connectivity index is 2.79. The number of hydrogen-bond donors (Lipinski definition) is 0. The van der Waals surface area contributed by atoms with E-state index in [0.29, 0.717) is 0 Å². The molecule has 0 aliphatic rings. The van der Waals surface area contributed by atoms with E-state index in [2.05, 4.69) is 91.8 Å². The first-order valence-corrected chi connectivity index (χ1v) is 7.78. The van der Waals surface area contributed by atoms with E-state index in [4.69, 9.17) is 0 Å². The van der Waals surface area contributed by atoms with Crippen LogP contribution in [-0.4, -0.2) is 5.38 Å². The third-order valence-electron chi connectivity index (χ3n) is 1.68. The number of hydrogen-bond acceptors (Lipinski definition) is 0. The van der Waals surface area contributed by atoms with Gasteiger partial charge in [-0.15, -0.1) is 0 Å². The monoisotopic (exact) mass is 510 g/mol. The lowest BCUT2D eigenvalue weighted by Gasteiger charge is -2.29. The maximum atomic E-state index is 3.62. The lowest BCUT2D eigenvalue weighted by Crippen LogP contribution is -2.30. The highest BCUT2D eigenvalue weighted by atomic mass is 80.0. The minimum atomic E-state index is -0.379. The number of halogens is 5. The van der Waals surface area contributed by atoms with Gasteiger partial charge in [0.2, 0.25) is 0 Å². The van der Waals surface area contributed by atoms with E-state index in [0.717, 1.165) is 6.42 Å². The minimum Gasteiger partial charge on any atom is -0.0689 e. The van der Waals surface area contributed by atoms with E-state index in [1.165, 1.54) is 5.56 Å². The first kappa shape index (κ1) is 13.7. The van der Waals surface area contributed by atoms with Crippen LogP contribution in [0.1, 0.15) is 5.56 Å². The van der Waals surface area contributed by atoms with Gasteiger partial charge in [0.25, 0.3) is 0 Å². The Bertz CT molecular complexity index is 288. The van der Waals surface area contributed by atoms with Crippen molar-refractivity contribution in [2.24, 2.45) is 0 Å². The highest BCUT2D eigenvalue weighted by Crippen LogP contribution is 2.54. The van der Waals surface area contributed by atoms with Crippen LogP contribution < -0.4 is 0 Å². The zero-order valence-corrected chi connectivity index (χ0v) is 14.9. The van der Waals surface area contributed by atoms with Crippen molar-refractivity contribution in [1.29, 1.82) is 0 Å². The summed E-state index contributed by atoms with van der Waals surface area (Å²) in [5, 5.41) is 0. The molecule has 0 N–H and O–H groups in total. The summed E-state index contributed by atoms with van der Waals surface area (Å²) in [5.74, 6) is 0. The van der Waals surface area contributed by atoms with E-state index in [9.17, 15) is 0 Å². The highest BCUT2D eigenvalue weighted by molar-refractivity contribution is 9.41. The molecule has 14 heavy (non-hydrogen) atoms. The number of alkyl halides is 5. The molecule has 1 aromatic carbocycles. The standard InChI is InChI=1S/C9H7Br5/c10-8(11,9(12,13)14)6-7-4-2-1-3-5-7/h1-5H,6H2. The van der Waals surface area contributed by atoms with Crippen LogP contribution in [0, 0.1) is 0 Å². The van der Waals surface area contributed by atoms with Gasteiger partial charge in [0.05, 0.1) is 0 Å². The van der Waals surface area contributed by atoms with Crippen molar-refractivity contribution >= 4 is 79.6 Å². The van der Waals surface area contributed by atoms with Crippen molar-refractivity contribution in [2.75, 3.05) is 0 Å². The fraction of sp³-hybridized carbons (Fsp3) is 0.333. The summed E-state index contributed by atoms with van der Waals surface area (Å²) in [6.07, 6.45) is 0.843. The Kier molecular flexibility index (Phi) is 5.18. The van der Waals surface area contributed by atoms with Crippen LogP contribution in [0.25, 0.3) is 0 Å². The summed E-state index contributed by atoms with van der Waals surface area (Å²) in [6, 6.07) is 10.3. The summed E-state index contributed by atoms with van der Waals surface area (Å²) >= 11 is 17.7. The van der Waals surface area contributed by atoms with Crippen LogP contribution in [0.15, 0.2) is 30.3 Å². The zero-order valence-electron chi connectivity index (χ0n) is 6.98. The normalized spacial score (nSPS) is 12.9. The van der Waals surface area contributed by atoms with Gasteiger partial charge in [-0.3, -0.25) is 0 Å². The van der Waals surface area contributed by atoms with Crippen molar-refractivity contribution in [2.45, 2.75) is 11.8 Å². The Morgan fingerprint density at radius 1 is 0.857 bits per heavy atom. The molecule has 0 aliphatic heterocycles. The molecular weight excluding hydrogens is 508 g/mol. The molecule has 78 valence electrons. The topological polar surface area (TPSA) is 0 Å². The molecule has 0 heterocycles. The first-order chi connectivity index (χ1) is 6.33. The van der Waals surface area contributed by atoms with Gasteiger partial charge in [0.1, 0.15) is 3.23 Å². The molecule has 0 aromatic heterocycles. The second kappa shape index (κ2) is 5.30. The van der Waals surface area contributed by atoms with Gasteiger partial charge in [0.15, 0.2) is 2.14 Å². The molecule has 0 spiro atoms. The van der Waals surface area contributed by atoms with Crippen molar-refractivity contribution < 1.29 is 0 Å². The Morgan fingerprint density at radius 2 is 1.36 bits per heavy atom. The van der Waals surface area contributed by atoms with E-state index >= 15 is 0 Å². The smallest absolute Gasteiger partial charge is 0.0689 e. The van der Waals surface area contributed by atoms with Crippen LogP contribution in [-0.2, 0) is 6.42 Å². The summed E-state index contributed by atoms with van der Waals surface area (Å²) in [6.45, 7) is 0. The van der Waals surface area contributed by atoms with E-state index in [1.54, 1.807) is 0 Å². The van der Waals surface area contributed by atoms with Crippen LogP contribution in [0.4, 0.5) is 0 Å². The van der Waals surface area contributed by atoms with Crippen molar-refractivity contribution in [3.05, 3.63) is 35.9 Å². The largest absolute Gasteiger partial charge is 0.160 e. The summed E-state index contributed by atoms with van der Waals surface area (Å²) < 4.78 is -0.663. The van der Waals surface area contributed by atoms with Gasteiger partial charge in [-0.05, 0) is 5.56 Å². The van der Waals surface area contributed by atoms with Crippen molar-refractivity contribution in [1.82, 2.24) is 0 Å². The molecule has 1 rings (SSSR count). The summed E-state index contributed by atoms with van der Waals surface area (Å²) in [7, 11) is 0. The van der Waals surface area contributed by atoms with Crippen LogP contribution >= 0.6 is 79.6 Å². The molecule has 0 unspecified atom stereocenters. The molecule has 0 nitrogen and oxygen atoms in total. The predicted octanol–water partition coefficient (Wildman–Crippen LogP) is 5.55. The molecule has 0 atom stereocenters. The average molecular weight is 515 g/mol. The third kappa shape index (κ3) is 3.89. The third-order valence-corrected chi connectivity index (χ3v) is 8.66. The maximum absolute atomic E-state index is 3.62. The van der Waals surface area contributed by atoms with Crippen LogP contribution in [0.5, 0.6) is 0 Å². The average Bonchev–Trinajstić information content (AvgIpc) is 2.03. The molecule has 0 radical (unpaired) electrons. The Labute approximate surface area is 126 Å². The van der Waals surface area contributed by atoms with E-state index in [1.807, 2.05) is 18.2 Å². The van der Waals surface area contributed by atoms with Crippen molar-refractivity contribution in [3.63, 3.8) is 0 Å². The van der Waals surface area contributed by atoms with E-state index in [-0.39, 0.29) is 5.38 Å². The molecule has 0 aliphatic carbocycles. The Hall–Kier alpha value is 1.62. The van der Waals surface area contributed by atoms with Gasteiger partial charge in [-0.25, -0.2) is 0 Å². The van der Waals surface area contributed by atoms with Crippen LogP contribution in [0.2, 0.25) is 0 Å². The van der Waals surface area contributed by atoms with E-state index < -0.39 is 0 Å². The predicted molar refractivity (Wildman–Crippen MR) is 80.2 cm³/mol. The van der Waals surface area contributed by atoms with Gasteiger partial charge in [-0.2, -0.15) is 0 Å². The molecule has 0 amide bonds. The van der Waals surface area contributed by atoms with Gasteiger partial charge >= 0.3 is 0 Å². The molecule has 5 heteroatoms. The SMILES string of the molecule is BrC(Br)(Br)C(Br)(Br)Cc1ccccc1. The van der Waals surface area contributed by atoms with Crippen LogP contribution in [0.3, 0.4) is 0 Å². The molecule has 0 fully saturated rings. The lowest BCUT2D eigenvalue weighted by atomic mass is 10.1.